The first-order chi connectivity index (χ1) is 5.52. The summed E-state index contributed by atoms with van der Waals surface area (Å²) in [6, 6.07) is 0.0798. The molecule has 0 unspecified atom stereocenters. The lowest BCUT2D eigenvalue weighted by Crippen LogP contribution is -2.00. The Labute approximate surface area is 74.1 Å². The van der Waals surface area contributed by atoms with E-state index in [4.69, 9.17) is 11.6 Å². The van der Waals surface area contributed by atoms with Gasteiger partial charge in [-0.1, -0.05) is 11.6 Å². The molecule has 0 aliphatic carbocycles. The Morgan fingerprint density at radius 3 is 2.58 bits per heavy atom. The third-order valence-corrected chi connectivity index (χ3v) is 1.66. The molecule has 1 heterocycles. The van der Waals surface area contributed by atoms with Gasteiger partial charge in [0.05, 0.1) is 4.92 Å². The van der Waals surface area contributed by atoms with Crippen LogP contribution in [0.2, 0.25) is 5.15 Å². The van der Waals surface area contributed by atoms with E-state index < -0.39 is 4.92 Å². The molecule has 1 aromatic heterocycles. The van der Waals surface area contributed by atoms with Crippen molar-refractivity contribution in [1.29, 1.82) is 0 Å². The highest BCUT2D eigenvalue weighted by atomic mass is 35.5. The molecule has 66 valence electrons. The third-order valence-electron chi connectivity index (χ3n) is 1.39. The first-order valence-electron chi connectivity index (χ1n) is 3.41. The normalized spacial score (nSPS) is 10.7. The monoisotopic (exact) mass is 189 g/mol. The van der Waals surface area contributed by atoms with Gasteiger partial charge in [-0.15, -0.1) is 0 Å². The average Bonchev–Trinajstić information content (AvgIpc) is 2.30. The predicted molar refractivity (Wildman–Crippen MR) is 44.3 cm³/mol. The molecule has 0 aliphatic rings. The Morgan fingerprint density at radius 1 is 1.75 bits per heavy atom. The van der Waals surface area contributed by atoms with Crippen LogP contribution in [0.15, 0.2) is 6.20 Å². The highest BCUT2D eigenvalue weighted by Crippen LogP contribution is 2.23. The molecule has 0 atom stereocenters. The maximum absolute atomic E-state index is 10.3. The van der Waals surface area contributed by atoms with E-state index in [1.54, 1.807) is 0 Å². The van der Waals surface area contributed by atoms with E-state index in [0.29, 0.717) is 0 Å². The van der Waals surface area contributed by atoms with Crippen LogP contribution in [0.3, 0.4) is 0 Å². The van der Waals surface area contributed by atoms with Crippen molar-refractivity contribution in [2.45, 2.75) is 19.9 Å². The smallest absolute Gasteiger partial charge is 0.262 e. The molecular formula is C6H8ClN3O2. The van der Waals surface area contributed by atoms with Gasteiger partial charge in [0, 0.05) is 6.04 Å². The van der Waals surface area contributed by atoms with Crippen LogP contribution in [-0.2, 0) is 0 Å². The van der Waals surface area contributed by atoms with Gasteiger partial charge in [0.1, 0.15) is 6.20 Å². The van der Waals surface area contributed by atoms with E-state index in [2.05, 4.69) is 5.10 Å². The maximum Gasteiger partial charge on any atom is 0.325 e. The van der Waals surface area contributed by atoms with E-state index in [9.17, 15) is 10.1 Å². The minimum atomic E-state index is -0.547. The second-order valence-corrected chi connectivity index (χ2v) is 2.99. The molecule has 5 nitrogen and oxygen atoms in total. The minimum Gasteiger partial charge on any atom is -0.262 e. The van der Waals surface area contributed by atoms with E-state index in [1.165, 1.54) is 10.9 Å². The summed E-state index contributed by atoms with van der Waals surface area (Å²) in [5.74, 6) is 0. The number of rotatable bonds is 2. The van der Waals surface area contributed by atoms with Crippen molar-refractivity contribution >= 4 is 17.3 Å². The van der Waals surface area contributed by atoms with Gasteiger partial charge in [0.25, 0.3) is 0 Å². The third kappa shape index (κ3) is 1.55. The number of aromatic nitrogens is 2. The van der Waals surface area contributed by atoms with Crippen molar-refractivity contribution in [2.24, 2.45) is 0 Å². The second-order valence-electron chi connectivity index (χ2n) is 2.64. The second kappa shape index (κ2) is 3.10. The highest BCUT2D eigenvalue weighted by Gasteiger charge is 2.17. The topological polar surface area (TPSA) is 61.0 Å². The zero-order valence-corrected chi connectivity index (χ0v) is 7.45. The largest absolute Gasteiger partial charge is 0.325 e. The summed E-state index contributed by atoms with van der Waals surface area (Å²) in [6.07, 6.45) is 1.33. The van der Waals surface area contributed by atoms with Crippen LogP contribution in [0.4, 0.5) is 5.69 Å². The summed E-state index contributed by atoms with van der Waals surface area (Å²) in [4.78, 5) is 9.78. The van der Waals surface area contributed by atoms with Crippen LogP contribution in [0, 0.1) is 10.1 Å². The maximum atomic E-state index is 10.3. The summed E-state index contributed by atoms with van der Waals surface area (Å²) in [6.45, 7) is 3.74. The Balaban J connectivity index is 3.09. The summed E-state index contributed by atoms with van der Waals surface area (Å²) >= 11 is 5.51. The number of nitro groups is 1. The van der Waals surface area contributed by atoms with Crippen LogP contribution in [0.5, 0.6) is 0 Å². The molecule has 0 saturated carbocycles. The zero-order valence-electron chi connectivity index (χ0n) is 6.69. The Hall–Kier alpha value is -1.10. The fraction of sp³-hybridized carbons (Fsp3) is 0.500. The van der Waals surface area contributed by atoms with E-state index in [0.717, 1.165) is 0 Å². The minimum absolute atomic E-state index is 0.0614. The molecule has 0 saturated heterocycles. The Morgan fingerprint density at radius 2 is 2.33 bits per heavy atom. The molecule has 0 N–H and O–H groups in total. The van der Waals surface area contributed by atoms with Crippen LogP contribution in [0.1, 0.15) is 19.9 Å². The van der Waals surface area contributed by atoms with Gasteiger partial charge in [0.2, 0.25) is 5.15 Å². The first-order valence-corrected chi connectivity index (χ1v) is 3.79. The standard InChI is InChI=1S/C6H8ClN3O2/c1-4(2)9-3-5(10(11)12)6(7)8-9/h3-4H,1-2H3. The number of hydrogen-bond donors (Lipinski definition) is 0. The summed E-state index contributed by atoms with van der Waals surface area (Å²) in [7, 11) is 0. The molecule has 0 aromatic carbocycles. The van der Waals surface area contributed by atoms with Crippen LogP contribution in [0.25, 0.3) is 0 Å². The number of halogens is 1. The Kier molecular flexibility index (Phi) is 2.32. The molecule has 12 heavy (non-hydrogen) atoms. The highest BCUT2D eigenvalue weighted by molar-refractivity contribution is 6.31. The molecule has 0 fully saturated rings. The average molecular weight is 190 g/mol. The van der Waals surface area contributed by atoms with Crippen molar-refractivity contribution in [3.63, 3.8) is 0 Å². The lowest BCUT2D eigenvalue weighted by Gasteiger charge is -2.01. The summed E-state index contributed by atoms with van der Waals surface area (Å²) in [5.41, 5.74) is -0.148. The molecule has 0 spiro atoms. The van der Waals surface area contributed by atoms with Gasteiger partial charge in [-0.05, 0) is 13.8 Å². The SMILES string of the molecule is CC(C)n1cc([N+](=O)[O-])c(Cl)n1. The van der Waals surface area contributed by atoms with Crippen molar-refractivity contribution in [2.75, 3.05) is 0 Å². The molecule has 0 aliphatic heterocycles. The van der Waals surface area contributed by atoms with Gasteiger partial charge in [-0.25, -0.2) is 0 Å². The van der Waals surface area contributed by atoms with Gasteiger partial charge >= 0.3 is 5.69 Å². The van der Waals surface area contributed by atoms with Gasteiger partial charge < -0.3 is 0 Å². The van der Waals surface area contributed by atoms with E-state index in [-0.39, 0.29) is 16.9 Å². The fourth-order valence-corrected chi connectivity index (χ4v) is 0.952. The van der Waals surface area contributed by atoms with Gasteiger partial charge in [0.15, 0.2) is 0 Å². The van der Waals surface area contributed by atoms with Crippen molar-refractivity contribution < 1.29 is 4.92 Å². The van der Waals surface area contributed by atoms with Crippen LogP contribution >= 0.6 is 11.6 Å². The van der Waals surface area contributed by atoms with E-state index >= 15 is 0 Å². The van der Waals surface area contributed by atoms with Crippen molar-refractivity contribution in [3.05, 3.63) is 21.5 Å². The van der Waals surface area contributed by atoms with E-state index in [1.807, 2.05) is 13.8 Å². The van der Waals surface area contributed by atoms with Crippen molar-refractivity contribution in [1.82, 2.24) is 9.78 Å². The fourth-order valence-electron chi connectivity index (χ4n) is 0.747. The number of nitrogens with zero attached hydrogens (tertiary/aromatic N) is 3. The van der Waals surface area contributed by atoms with Crippen LogP contribution in [-0.4, -0.2) is 14.7 Å². The Bertz CT molecular complexity index is 308. The lowest BCUT2D eigenvalue weighted by molar-refractivity contribution is -0.384. The molecule has 1 rings (SSSR count). The molecule has 0 amide bonds. The van der Waals surface area contributed by atoms with Crippen LogP contribution < -0.4 is 0 Å². The van der Waals surface area contributed by atoms with Gasteiger partial charge in [-0.3, -0.25) is 14.8 Å². The molecule has 1 aromatic rings. The summed E-state index contributed by atoms with van der Waals surface area (Å²) in [5, 5.41) is 14.0. The molecular weight excluding hydrogens is 182 g/mol. The molecule has 6 heteroatoms. The molecule has 0 bridgehead atoms. The molecule has 0 radical (unpaired) electrons. The summed E-state index contributed by atoms with van der Waals surface area (Å²) < 4.78 is 1.46. The predicted octanol–water partition coefficient (Wildman–Crippen LogP) is 2.03. The van der Waals surface area contributed by atoms with Gasteiger partial charge in [-0.2, -0.15) is 5.10 Å². The zero-order chi connectivity index (χ0) is 9.30. The quantitative estimate of drug-likeness (QED) is 0.528. The lowest BCUT2D eigenvalue weighted by atomic mass is 10.4. The number of hydrogen-bond acceptors (Lipinski definition) is 3. The van der Waals surface area contributed by atoms with Crippen molar-refractivity contribution in [3.8, 4) is 0 Å². The first kappa shape index (κ1) is 8.99.